The van der Waals surface area contributed by atoms with Crippen LogP contribution in [0.15, 0.2) is 52.5 Å². The van der Waals surface area contributed by atoms with Crippen LogP contribution in [0.5, 0.6) is 5.75 Å². The van der Waals surface area contributed by atoms with E-state index in [1.54, 1.807) is 0 Å². The first-order valence-electron chi connectivity index (χ1n) is 9.39. The third kappa shape index (κ3) is 4.60. The number of nitrogens with one attached hydrogen (secondary N) is 1. The normalized spacial score (nSPS) is 16.4. The Balaban J connectivity index is 1.34. The van der Waals surface area contributed by atoms with Crippen molar-refractivity contribution in [1.29, 1.82) is 0 Å². The molecule has 2 aromatic carbocycles. The molecular formula is C22H23BrN2O2. The second-order valence-corrected chi connectivity index (χ2v) is 8.04. The van der Waals surface area contributed by atoms with Crippen molar-refractivity contribution >= 4 is 27.9 Å². The van der Waals surface area contributed by atoms with Gasteiger partial charge in [-0.3, -0.25) is 9.69 Å². The zero-order chi connectivity index (χ0) is 18.6. The van der Waals surface area contributed by atoms with Crippen LogP contribution in [0.1, 0.15) is 29.5 Å². The summed E-state index contributed by atoms with van der Waals surface area (Å²) in [5.41, 5.74) is 4.00. The summed E-state index contributed by atoms with van der Waals surface area (Å²) in [6.07, 6.45) is 4.52. The molecule has 140 valence electrons. The summed E-state index contributed by atoms with van der Waals surface area (Å²) in [6.45, 7) is 4.25. The number of amides is 1. The number of rotatable bonds is 5. The quantitative estimate of drug-likeness (QED) is 0.780. The Morgan fingerprint density at radius 3 is 2.59 bits per heavy atom. The molecule has 0 atom stereocenters. The largest absolute Gasteiger partial charge is 0.488 e. The SMILES string of the molecule is O=C(NCc1ccc(CN2CCCC2)cc1)C1=Cc2cc(Br)ccc2OC1. The average molecular weight is 427 g/mol. The first kappa shape index (κ1) is 18.3. The Bertz CT molecular complexity index is 855. The van der Waals surface area contributed by atoms with E-state index in [4.69, 9.17) is 4.74 Å². The van der Waals surface area contributed by atoms with Crippen LogP contribution < -0.4 is 10.1 Å². The number of hydrogen-bond acceptors (Lipinski definition) is 3. The number of ether oxygens (including phenoxy) is 1. The zero-order valence-electron chi connectivity index (χ0n) is 15.2. The highest BCUT2D eigenvalue weighted by Gasteiger charge is 2.17. The van der Waals surface area contributed by atoms with Gasteiger partial charge >= 0.3 is 0 Å². The number of hydrogen-bond donors (Lipinski definition) is 1. The summed E-state index contributed by atoms with van der Waals surface area (Å²) in [5.74, 6) is 0.727. The minimum atomic E-state index is -0.0817. The fraction of sp³-hybridized carbons (Fsp3) is 0.318. The molecule has 1 fully saturated rings. The van der Waals surface area contributed by atoms with Crippen LogP contribution in [-0.4, -0.2) is 30.5 Å². The number of likely N-dealkylation sites (tertiary alicyclic amines) is 1. The van der Waals surface area contributed by atoms with Crippen LogP contribution in [0.2, 0.25) is 0 Å². The Morgan fingerprint density at radius 1 is 1.07 bits per heavy atom. The van der Waals surface area contributed by atoms with Crippen molar-refractivity contribution in [2.45, 2.75) is 25.9 Å². The minimum absolute atomic E-state index is 0.0817. The topological polar surface area (TPSA) is 41.6 Å². The maximum absolute atomic E-state index is 12.5. The van der Waals surface area contributed by atoms with E-state index in [1.165, 1.54) is 31.5 Å². The van der Waals surface area contributed by atoms with Crippen LogP contribution in [0.3, 0.4) is 0 Å². The molecule has 2 aromatic rings. The van der Waals surface area contributed by atoms with Crippen molar-refractivity contribution in [2.24, 2.45) is 0 Å². The maximum atomic E-state index is 12.5. The van der Waals surface area contributed by atoms with Crippen molar-refractivity contribution in [2.75, 3.05) is 19.7 Å². The van der Waals surface area contributed by atoms with Gasteiger partial charge in [0.15, 0.2) is 0 Å². The number of benzene rings is 2. The predicted molar refractivity (Wildman–Crippen MR) is 110 cm³/mol. The van der Waals surface area contributed by atoms with E-state index in [0.717, 1.165) is 27.9 Å². The van der Waals surface area contributed by atoms with Gasteiger partial charge in [0.05, 0.1) is 5.57 Å². The third-order valence-electron chi connectivity index (χ3n) is 5.06. The number of carbonyl (C=O) groups excluding carboxylic acids is 1. The van der Waals surface area contributed by atoms with Crippen molar-refractivity contribution in [3.05, 3.63) is 69.2 Å². The van der Waals surface area contributed by atoms with Gasteiger partial charge in [-0.25, -0.2) is 0 Å². The number of carbonyl (C=O) groups is 1. The van der Waals surface area contributed by atoms with Gasteiger partial charge in [-0.2, -0.15) is 0 Å². The summed E-state index contributed by atoms with van der Waals surface area (Å²) in [5, 5.41) is 3.00. The fourth-order valence-corrected chi connectivity index (χ4v) is 3.92. The Kier molecular flexibility index (Phi) is 5.60. The zero-order valence-corrected chi connectivity index (χ0v) is 16.8. The van der Waals surface area contributed by atoms with Gasteiger partial charge in [0.25, 0.3) is 5.91 Å². The molecule has 0 unspecified atom stereocenters. The minimum Gasteiger partial charge on any atom is -0.488 e. The van der Waals surface area contributed by atoms with E-state index < -0.39 is 0 Å². The van der Waals surface area contributed by atoms with Gasteiger partial charge in [-0.05, 0) is 61.3 Å². The lowest BCUT2D eigenvalue weighted by Gasteiger charge is -2.18. The molecule has 5 heteroatoms. The highest BCUT2D eigenvalue weighted by molar-refractivity contribution is 9.10. The first-order chi connectivity index (χ1) is 13.2. The van der Waals surface area contributed by atoms with Crippen molar-refractivity contribution < 1.29 is 9.53 Å². The molecule has 4 rings (SSSR count). The molecule has 27 heavy (non-hydrogen) atoms. The van der Waals surface area contributed by atoms with Gasteiger partial charge < -0.3 is 10.1 Å². The van der Waals surface area contributed by atoms with Crippen LogP contribution in [0.25, 0.3) is 6.08 Å². The molecule has 0 radical (unpaired) electrons. The van der Waals surface area contributed by atoms with E-state index in [0.29, 0.717) is 18.7 Å². The molecule has 2 aliphatic rings. The van der Waals surface area contributed by atoms with Crippen LogP contribution >= 0.6 is 15.9 Å². The predicted octanol–water partition coefficient (Wildman–Crippen LogP) is 4.14. The lowest BCUT2D eigenvalue weighted by molar-refractivity contribution is -0.117. The lowest BCUT2D eigenvalue weighted by atomic mass is 10.1. The second kappa shape index (κ2) is 8.28. The van der Waals surface area contributed by atoms with Gasteiger partial charge in [0.1, 0.15) is 12.4 Å². The molecule has 1 N–H and O–H groups in total. The molecule has 1 amide bonds. The average Bonchev–Trinajstić information content (AvgIpc) is 3.19. The smallest absolute Gasteiger partial charge is 0.250 e. The summed E-state index contributed by atoms with van der Waals surface area (Å²) >= 11 is 3.45. The summed E-state index contributed by atoms with van der Waals surface area (Å²) in [6, 6.07) is 14.3. The molecule has 1 saturated heterocycles. The highest BCUT2D eigenvalue weighted by Crippen LogP contribution is 2.29. The monoisotopic (exact) mass is 426 g/mol. The summed E-state index contributed by atoms with van der Waals surface area (Å²) in [4.78, 5) is 15.0. The molecule has 0 aliphatic carbocycles. The lowest BCUT2D eigenvalue weighted by Crippen LogP contribution is -2.28. The summed E-state index contributed by atoms with van der Waals surface area (Å²) < 4.78 is 6.66. The molecule has 0 aromatic heterocycles. The molecule has 0 bridgehead atoms. The van der Waals surface area contributed by atoms with Gasteiger partial charge in [0.2, 0.25) is 0 Å². The van der Waals surface area contributed by atoms with E-state index in [9.17, 15) is 4.79 Å². The molecule has 0 spiro atoms. The maximum Gasteiger partial charge on any atom is 0.250 e. The third-order valence-corrected chi connectivity index (χ3v) is 5.55. The van der Waals surface area contributed by atoms with Gasteiger partial charge in [-0.1, -0.05) is 40.2 Å². The van der Waals surface area contributed by atoms with Crippen LogP contribution in [-0.2, 0) is 17.9 Å². The van der Waals surface area contributed by atoms with Gasteiger partial charge in [-0.15, -0.1) is 0 Å². The van der Waals surface area contributed by atoms with Crippen molar-refractivity contribution in [3.63, 3.8) is 0 Å². The highest BCUT2D eigenvalue weighted by atomic mass is 79.9. The molecule has 2 heterocycles. The van der Waals surface area contributed by atoms with E-state index in [-0.39, 0.29) is 5.91 Å². The van der Waals surface area contributed by atoms with E-state index in [1.807, 2.05) is 24.3 Å². The van der Waals surface area contributed by atoms with E-state index >= 15 is 0 Å². The first-order valence-corrected chi connectivity index (χ1v) is 10.2. The van der Waals surface area contributed by atoms with Gasteiger partial charge in [0, 0.05) is 23.1 Å². The number of fused-ring (bicyclic) bond motifs is 1. The van der Waals surface area contributed by atoms with Crippen molar-refractivity contribution in [3.8, 4) is 5.75 Å². The molecular weight excluding hydrogens is 404 g/mol. The Labute approximate surface area is 168 Å². The second-order valence-electron chi connectivity index (χ2n) is 7.12. The van der Waals surface area contributed by atoms with Crippen LogP contribution in [0, 0.1) is 0 Å². The molecule has 2 aliphatic heterocycles. The van der Waals surface area contributed by atoms with Crippen LogP contribution in [0.4, 0.5) is 0 Å². The number of halogens is 1. The Morgan fingerprint density at radius 2 is 1.81 bits per heavy atom. The standard InChI is InChI=1S/C22H23BrN2O2/c23-20-7-8-21-18(12-20)11-19(15-27-21)22(26)24-13-16-3-5-17(6-4-16)14-25-9-1-2-10-25/h3-8,11-12H,1-2,9-10,13-15H2,(H,24,26). The molecule has 4 nitrogen and oxygen atoms in total. The molecule has 0 saturated carbocycles. The van der Waals surface area contributed by atoms with E-state index in [2.05, 4.69) is 50.4 Å². The van der Waals surface area contributed by atoms with Crippen molar-refractivity contribution in [1.82, 2.24) is 10.2 Å². The summed E-state index contributed by atoms with van der Waals surface area (Å²) in [7, 11) is 0. The Hall–Kier alpha value is -2.11. The fourth-order valence-electron chi connectivity index (χ4n) is 3.54. The number of nitrogens with zero attached hydrogens (tertiary/aromatic N) is 1.